The Labute approximate surface area is 116 Å². The molecule has 0 saturated heterocycles. The Morgan fingerprint density at radius 1 is 0.619 bits per heavy atom. The third-order valence-corrected chi connectivity index (χ3v) is 2.56. The normalized spacial score (nSPS) is 9.71. The van der Waals surface area contributed by atoms with Gasteiger partial charge in [-0.05, 0) is 24.3 Å². The largest absolute Gasteiger partial charge is 0.202 e. The summed E-state index contributed by atoms with van der Waals surface area (Å²) in [5, 5.41) is 8.59. The van der Waals surface area contributed by atoms with E-state index in [1.54, 1.807) is 0 Å². The fraction of sp³-hybridized carbons (Fsp3) is 0. The van der Waals surface area contributed by atoms with Crippen molar-refractivity contribution in [3.05, 3.63) is 70.0 Å². The van der Waals surface area contributed by atoms with E-state index < -0.39 is 34.6 Å². The molecule has 2 aromatic carbocycles. The summed E-state index contributed by atoms with van der Waals surface area (Å²) in [4.78, 5) is 0. The number of hydrogen-bond acceptors (Lipinski definition) is 1. The van der Waals surface area contributed by atoms with Crippen molar-refractivity contribution in [2.45, 2.75) is 0 Å². The van der Waals surface area contributed by atoms with Crippen LogP contribution in [0.1, 0.15) is 16.7 Å². The van der Waals surface area contributed by atoms with E-state index in [0.29, 0.717) is 5.56 Å². The van der Waals surface area contributed by atoms with Gasteiger partial charge in [0, 0.05) is 5.56 Å². The molecule has 0 bridgehead atoms. The van der Waals surface area contributed by atoms with Gasteiger partial charge in [-0.1, -0.05) is 11.8 Å². The van der Waals surface area contributed by atoms with Gasteiger partial charge in [-0.3, -0.25) is 0 Å². The standard InChI is InChI=1S/C15H4F5N/c16-11-10(12(17)14(19)15(20)13(11)18)6-5-8-1-3-9(7-21)4-2-8/h1-4H. The van der Waals surface area contributed by atoms with Crippen LogP contribution in [0.15, 0.2) is 24.3 Å². The van der Waals surface area contributed by atoms with Gasteiger partial charge in [-0.2, -0.15) is 5.26 Å². The smallest absolute Gasteiger partial charge is 0.200 e. The highest BCUT2D eigenvalue weighted by molar-refractivity contribution is 5.46. The van der Waals surface area contributed by atoms with Crippen molar-refractivity contribution in [2.75, 3.05) is 0 Å². The maximum Gasteiger partial charge on any atom is 0.200 e. The summed E-state index contributed by atoms with van der Waals surface area (Å²) in [5.41, 5.74) is -0.592. The SMILES string of the molecule is N#Cc1ccc(C#Cc2c(F)c(F)c(F)c(F)c2F)cc1. The first-order chi connectivity index (χ1) is 9.95. The van der Waals surface area contributed by atoms with Crippen molar-refractivity contribution in [2.24, 2.45) is 0 Å². The Balaban J connectivity index is 2.50. The third kappa shape index (κ3) is 2.70. The fourth-order valence-electron chi connectivity index (χ4n) is 1.48. The first kappa shape index (κ1) is 14.5. The third-order valence-electron chi connectivity index (χ3n) is 2.56. The van der Waals surface area contributed by atoms with Gasteiger partial charge < -0.3 is 0 Å². The van der Waals surface area contributed by atoms with Gasteiger partial charge in [0.25, 0.3) is 0 Å². The molecule has 0 aliphatic heterocycles. The maximum absolute atomic E-state index is 13.4. The molecular weight excluding hydrogens is 289 g/mol. The summed E-state index contributed by atoms with van der Waals surface area (Å²) in [6, 6.07) is 7.44. The quantitative estimate of drug-likeness (QED) is 0.315. The Morgan fingerprint density at radius 3 is 1.52 bits per heavy atom. The van der Waals surface area contributed by atoms with Crippen LogP contribution in [0.25, 0.3) is 0 Å². The molecule has 0 amide bonds. The molecule has 0 saturated carbocycles. The molecule has 0 unspecified atom stereocenters. The predicted molar refractivity (Wildman–Crippen MR) is 63.4 cm³/mol. The van der Waals surface area contributed by atoms with Crippen LogP contribution < -0.4 is 0 Å². The minimum absolute atomic E-state index is 0.262. The number of halogens is 5. The summed E-state index contributed by atoms with van der Waals surface area (Å²) in [5.74, 6) is -6.09. The maximum atomic E-state index is 13.4. The molecule has 0 aromatic heterocycles. The Morgan fingerprint density at radius 2 is 1.05 bits per heavy atom. The van der Waals surface area contributed by atoms with Gasteiger partial charge in [0.1, 0.15) is 5.56 Å². The zero-order valence-electron chi connectivity index (χ0n) is 10.1. The molecule has 0 heterocycles. The van der Waals surface area contributed by atoms with Crippen LogP contribution in [-0.2, 0) is 0 Å². The highest BCUT2D eigenvalue weighted by atomic mass is 19.2. The van der Waals surface area contributed by atoms with Crippen LogP contribution in [0.5, 0.6) is 0 Å². The Bertz CT molecular complexity index is 778. The molecule has 21 heavy (non-hydrogen) atoms. The van der Waals surface area contributed by atoms with Crippen LogP contribution in [0.4, 0.5) is 22.0 Å². The summed E-state index contributed by atoms with van der Waals surface area (Å²) >= 11 is 0. The van der Waals surface area contributed by atoms with E-state index in [2.05, 4.69) is 5.92 Å². The average Bonchev–Trinajstić information content (AvgIpc) is 2.51. The van der Waals surface area contributed by atoms with Crippen molar-refractivity contribution >= 4 is 0 Å². The van der Waals surface area contributed by atoms with Gasteiger partial charge in [0.15, 0.2) is 23.3 Å². The van der Waals surface area contributed by atoms with E-state index in [1.807, 2.05) is 12.0 Å². The second-order valence-electron chi connectivity index (χ2n) is 3.88. The lowest BCUT2D eigenvalue weighted by Gasteiger charge is -2.02. The Kier molecular flexibility index (Phi) is 3.91. The van der Waals surface area contributed by atoms with Crippen LogP contribution >= 0.6 is 0 Å². The van der Waals surface area contributed by atoms with E-state index >= 15 is 0 Å². The minimum Gasteiger partial charge on any atom is -0.202 e. The summed E-state index contributed by atoms with van der Waals surface area (Å²) < 4.78 is 65.5. The molecule has 0 radical (unpaired) electrons. The molecule has 1 nitrogen and oxygen atoms in total. The van der Waals surface area contributed by atoms with Crippen molar-refractivity contribution in [1.82, 2.24) is 0 Å². The highest BCUT2D eigenvalue weighted by Gasteiger charge is 2.24. The van der Waals surface area contributed by atoms with Crippen molar-refractivity contribution < 1.29 is 22.0 Å². The number of hydrogen-bond donors (Lipinski definition) is 0. The molecular formula is C15H4F5N. The molecule has 0 spiro atoms. The van der Waals surface area contributed by atoms with Gasteiger partial charge in [-0.15, -0.1) is 0 Å². The summed E-state index contributed by atoms with van der Waals surface area (Å²) in [6.07, 6.45) is 0. The summed E-state index contributed by atoms with van der Waals surface area (Å²) in [7, 11) is 0. The highest BCUT2D eigenvalue weighted by Crippen LogP contribution is 2.22. The Hall–Kier alpha value is -2.86. The number of nitrogens with zero attached hydrogens (tertiary/aromatic N) is 1. The zero-order valence-corrected chi connectivity index (χ0v) is 10.1. The van der Waals surface area contributed by atoms with Crippen LogP contribution in [-0.4, -0.2) is 0 Å². The monoisotopic (exact) mass is 293 g/mol. The van der Waals surface area contributed by atoms with Crippen molar-refractivity contribution in [1.29, 1.82) is 5.26 Å². The lowest BCUT2D eigenvalue weighted by molar-refractivity contribution is 0.376. The molecule has 2 rings (SSSR count). The second kappa shape index (κ2) is 5.64. The van der Waals surface area contributed by atoms with Crippen LogP contribution in [0.3, 0.4) is 0 Å². The topological polar surface area (TPSA) is 23.8 Å². The van der Waals surface area contributed by atoms with Crippen molar-refractivity contribution in [3.63, 3.8) is 0 Å². The summed E-state index contributed by atoms with van der Waals surface area (Å²) in [6.45, 7) is 0. The van der Waals surface area contributed by atoms with Crippen LogP contribution in [0, 0.1) is 52.3 Å². The van der Waals surface area contributed by atoms with Gasteiger partial charge in [-0.25, -0.2) is 22.0 Å². The molecule has 0 aliphatic rings. The molecule has 2 aromatic rings. The van der Waals surface area contributed by atoms with Gasteiger partial charge >= 0.3 is 0 Å². The van der Waals surface area contributed by atoms with E-state index in [4.69, 9.17) is 5.26 Å². The first-order valence-corrected chi connectivity index (χ1v) is 5.49. The molecule has 0 atom stereocenters. The fourth-order valence-corrected chi connectivity index (χ4v) is 1.48. The second-order valence-corrected chi connectivity index (χ2v) is 3.88. The van der Waals surface area contributed by atoms with E-state index in [1.165, 1.54) is 24.3 Å². The van der Waals surface area contributed by atoms with Gasteiger partial charge in [0.05, 0.1) is 11.6 Å². The predicted octanol–water partition coefficient (Wildman–Crippen LogP) is 3.65. The minimum atomic E-state index is -2.23. The number of benzene rings is 2. The average molecular weight is 293 g/mol. The van der Waals surface area contributed by atoms with Gasteiger partial charge in [0.2, 0.25) is 5.82 Å². The van der Waals surface area contributed by atoms with E-state index in [0.717, 1.165) is 0 Å². The lowest BCUT2D eigenvalue weighted by atomic mass is 10.1. The number of rotatable bonds is 0. The zero-order chi connectivity index (χ0) is 15.6. The lowest BCUT2D eigenvalue weighted by Crippen LogP contribution is -2.04. The van der Waals surface area contributed by atoms with E-state index in [-0.39, 0.29) is 5.56 Å². The molecule has 0 aliphatic carbocycles. The molecule has 6 heteroatoms. The van der Waals surface area contributed by atoms with E-state index in [9.17, 15) is 22.0 Å². The number of nitriles is 1. The van der Waals surface area contributed by atoms with Crippen molar-refractivity contribution in [3.8, 4) is 17.9 Å². The molecule has 104 valence electrons. The first-order valence-electron chi connectivity index (χ1n) is 5.49. The van der Waals surface area contributed by atoms with Crippen LogP contribution in [0.2, 0.25) is 0 Å². The molecule has 0 N–H and O–H groups in total. The molecule has 0 fully saturated rings.